The van der Waals surface area contributed by atoms with Crippen molar-refractivity contribution < 1.29 is 9.53 Å². The molecule has 1 heterocycles. The van der Waals surface area contributed by atoms with Crippen LogP contribution in [0.2, 0.25) is 0 Å². The smallest absolute Gasteiger partial charge is 0.155 e. The molecule has 0 bridgehead atoms. The quantitative estimate of drug-likeness (QED) is 0.655. The Morgan fingerprint density at radius 1 is 1.28 bits per heavy atom. The molecule has 3 nitrogen and oxygen atoms in total. The van der Waals surface area contributed by atoms with Gasteiger partial charge >= 0.3 is 0 Å². The number of carbonyl (C=O) groups is 1. The first-order valence-electron chi connectivity index (χ1n) is 7.34. The van der Waals surface area contributed by atoms with Gasteiger partial charge in [-0.2, -0.15) is 0 Å². The Labute approximate surface area is 112 Å². The molecule has 0 radical (unpaired) electrons. The van der Waals surface area contributed by atoms with Crippen LogP contribution >= 0.6 is 0 Å². The minimum absolute atomic E-state index is 0.110. The summed E-state index contributed by atoms with van der Waals surface area (Å²) in [5.41, 5.74) is 0. The van der Waals surface area contributed by atoms with Gasteiger partial charge in [-0.3, -0.25) is 4.79 Å². The van der Waals surface area contributed by atoms with E-state index in [0.29, 0.717) is 6.61 Å². The third-order valence-electron chi connectivity index (χ3n) is 4.03. The van der Waals surface area contributed by atoms with Crippen molar-refractivity contribution in [3.8, 4) is 0 Å². The van der Waals surface area contributed by atoms with E-state index in [2.05, 4.69) is 25.7 Å². The molecule has 1 fully saturated rings. The van der Waals surface area contributed by atoms with Crippen molar-refractivity contribution >= 4 is 5.78 Å². The van der Waals surface area contributed by atoms with E-state index in [1.54, 1.807) is 6.92 Å². The van der Waals surface area contributed by atoms with Crippen LogP contribution in [0.3, 0.4) is 0 Å². The SMILES string of the molecule is CCCC1C(C)CN(CCOCC(C)=O)CC1C. The van der Waals surface area contributed by atoms with Crippen molar-refractivity contribution in [1.29, 1.82) is 0 Å². The van der Waals surface area contributed by atoms with Crippen molar-refractivity contribution in [1.82, 2.24) is 4.90 Å². The highest BCUT2D eigenvalue weighted by Gasteiger charge is 2.30. The standard InChI is InChI=1S/C15H29NO2/c1-5-6-15-12(2)9-16(10-13(15)3)7-8-18-11-14(4)17/h12-13,15H,5-11H2,1-4H3. The zero-order chi connectivity index (χ0) is 13.5. The van der Waals surface area contributed by atoms with Gasteiger partial charge in [0.25, 0.3) is 0 Å². The van der Waals surface area contributed by atoms with Crippen LogP contribution in [0.5, 0.6) is 0 Å². The van der Waals surface area contributed by atoms with Gasteiger partial charge in [0.05, 0.1) is 6.61 Å². The number of ketones is 1. The van der Waals surface area contributed by atoms with Crippen LogP contribution in [0, 0.1) is 17.8 Å². The van der Waals surface area contributed by atoms with Crippen LogP contribution in [-0.2, 0) is 9.53 Å². The van der Waals surface area contributed by atoms with E-state index < -0.39 is 0 Å². The highest BCUT2D eigenvalue weighted by Crippen LogP contribution is 2.31. The zero-order valence-corrected chi connectivity index (χ0v) is 12.4. The fourth-order valence-corrected chi connectivity index (χ4v) is 3.22. The molecule has 1 aliphatic rings. The Bertz CT molecular complexity index is 243. The van der Waals surface area contributed by atoms with E-state index in [9.17, 15) is 4.79 Å². The normalized spacial score (nSPS) is 29.4. The molecule has 0 aromatic rings. The topological polar surface area (TPSA) is 29.5 Å². The maximum Gasteiger partial charge on any atom is 0.155 e. The summed E-state index contributed by atoms with van der Waals surface area (Å²) in [6, 6.07) is 0. The lowest BCUT2D eigenvalue weighted by molar-refractivity contribution is -0.121. The van der Waals surface area contributed by atoms with E-state index in [-0.39, 0.29) is 12.4 Å². The molecule has 1 aliphatic heterocycles. The summed E-state index contributed by atoms with van der Waals surface area (Å²) in [6.45, 7) is 12.9. The fourth-order valence-electron chi connectivity index (χ4n) is 3.22. The lowest BCUT2D eigenvalue weighted by atomic mass is 9.77. The summed E-state index contributed by atoms with van der Waals surface area (Å²) < 4.78 is 5.35. The van der Waals surface area contributed by atoms with Gasteiger partial charge in [-0.05, 0) is 24.7 Å². The first-order valence-corrected chi connectivity index (χ1v) is 7.34. The Hall–Kier alpha value is -0.410. The third kappa shape index (κ3) is 5.07. The maximum absolute atomic E-state index is 10.8. The summed E-state index contributed by atoms with van der Waals surface area (Å²) in [7, 11) is 0. The average molecular weight is 255 g/mol. The second-order valence-corrected chi connectivity index (χ2v) is 5.92. The lowest BCUT2D eigenvalue weighted by Gasteiger charge is -2.41. The second kappa shape index (κ2) is 7.90. The third-order valence-corrected chi connectivity index (χ3v) is 4.03. The van der Waals surface area contributed by atoms with Gasteiger partial charge < -0.3 is 9.64 Å². The van der Waals surface area contributed by atoms with Gasteiger partial charge in [-0.1, -0.05) is 33.6 Å². The van der Waals surface area contributed by atoms with Crippen LogP contribution in [0.4, 0.5) is 0 Å². The van der Waals surface area contributed by atoms with E-state index in [1.807, 2.05) is 0 Å². The predicted molar refractivity (Wildman–Crippen MR) is 74.7 cm³/mol. The summed E-state index contributed by atoms with van der Waals surface area (Å²) >= 11 is 0. The molecule has 106 valence electrons. The van der Waals surface area contributed by atoms with Crippen LogP contribution in [0.25, 0.3) is 0 Å². The van der Waals surface area contributed by atoms with Gasteiger partial charge in [-0.15, -0.1) is 0 Å². The molecule has 0 amide bonds. The second-order valence-electron chi connectivity index (χ2n) is 5.92. The molecule has 0 aromatic carbocycles. The van der Waals surface area contributed by atoms with Crippen LogP contribution in [0.15, 0.2) is 0 Å². The highest BCUT2D eigenvalue weighted by molar-refractivity contribution is 5.76. The number of likely N-dealkylation sites (tertiary alicyclic amines) is 1. The summed E-state index contributed by atoms with van der Waals surface area (Å²) in [4.78, 5) is 13.3. The number of rotatable bonds is 7. The molecule has 3 heteroatoms. The van der Waals surface area contributed by atoms with E-state index in [1.165, 1.54) is 25.9 Å². The summed E-state index contributed by atoms with van der Waals surface area (Å²) in [6.07, 6.45) is 2.65. The predicted octanol–water partition coefficient (Wildman–Crippen LogP) is 2.60. The van der Waals surface area contributed by atoms with E-state index >= 15 is 0 Å². The molecule has 1 saturated heterocycles. The Balaban J connectivity index is 2.27. The van der Waals surface area contributed by atoms with E-state index in [4.69, 9.17) is 4.74 Å². The number of ether oxygens (including phenoxy) is 1. The van der Waals surface area contributed by atoms with Gasteiger partial charge in [0, 0.05) is 19.6 Å². The summed E-state index contributed by atoms with van der Waals surface area (Å²) in [5, 5.41) is 0. The number of hydrogen-bond donors (Lipinski definition) is 0. The van der Waals surface area contributed by atoms with Crippen LogP contribution in [0.1, 0.15) is 40.5 Å². The molecular weight excluding hydrogens is 226 g/mol. The highest BCUT2D eigenvalue weighted by atomic mass is 16.5. The Morgan fingerprint density at radius 2 is 1.89 bits per heavy atom. The molecule has 1 rings (SSSR count). The fraction of sp³-hybridized carbons (Fsp3) is 0.933. The average Bonchev–Trinajstić information content (AvgIpc) is 2.29. The molecular formula is C15H29NO2. The first kappa shape index (κ1) is 15.6. The van der Waals surface area contributed by atoms with E-state index in [0.717, 1.165) is 24.3 Å². The van der Waals surface area contributed by atoms with Crippen LogP contribution < -0.4 is 0 Å². The first-order chi connectivity index (χ1) is 8.54. The monoisotopic (exact) mass is 255 g/mol. The van der Waals surface area contributed by atoms with Crippen LogP contribution in [-0.4, -0.2) is 43.5 Å². The Kier molecular flexibility index (Phi) is 6.87. The van der Waals surface area contributed by atoms with Crippen molar-refractivity contribution in [3.05, 3.63) is 0 Å². The Morgan fingerprint density at radius 3 is 2.39 bits per heavy atom. The van der Waals surface area contributed by atoms with Crippen molar-refractivity contribution in [2.45, 2.75) is 40.5 Å². The minimum Gasteiger partial charge on any atom is -0.372 e. The molecule has 0 aliphatic carbocycles. The zero-order valence-electron chi connectivity index (χ0n) is 12.4. The molecule has 0 saturated carbocycles. The molecule has 18 heavy (non-hydrogen) atoms. The summed E-state index contributed by atoms with van der Waals surface area (Å²) in [5.74, 6) is 2.55. The number of hydrogen-bond acceptors (Lipinski definition) is 3. The van der Waals surface area contributed by atoms with Gasteiger partial charge in [-0.25, -0.2) is 0 Å². The molecule has 0 N–H and O–H groups in total. The number of Topliss-reactive ketones (excluding diaryl/α,β-unsaturated/α-hetero) is 1. The van der Waals surface area contributed by atoms with Crippen molar-refractivity contribution in [2.75, 3.05) is 32.8 Å². The van der Waals surface area contributed by atoms with Gasteiger partial charge in [0.15, 0.2) is 5.78 Å². The molecule has 0 aromatic heterocycles. The maximum atomic E-state index is 10.8. The lowest BCUT2D eigenvalue weighted by Crippen LogP contribution is -2.45. The molecule has 0 spiro atoms. The van der Waals surface area contributed by atoms with Crippen molar-refractivity contribution in [3.63, 3.8) is 0 Å². The number of carbonyl (C=O) groups excluding carboxylic acids is 1. The molecule has 2 atom stereocenters. The largest absolute Gasteiger partial charge is 0.372 e. The van der Waals surface area contributed by atoms with Gasteiger partial charge in [0.2, 0.25) is 0 Å². The minimum atomic E-state index is 0.110. The molecule has 2 unspecified atom stereocenters. The number of nitrogens with zero attached hydrogens (tertiary/aromatic N) is 1. The van der Waals surface area contributed by atoms with Gasteiger partial charge in [0.1, 0.15) is 6.61 Å². The van der Waals surface area contributed by atoms with Crippen molar-refractivity contribution in [2.24, 2.45) is 17.8 Å². The number of piperidine rings is 1.